The van der Waals surface area contributed by atoms with E-state index in [4.69, 9.17) is 0 Å². The van der Waals surface area contributed by atoms with Gasteiger partial charge in [0, 0.05) is 5.92 Å². The smallest absolute Gasteiger partial charge is 0.338 e. The third-order valence-electron chi connectivity index (χ3n) is 4.85. The van der Waals surface area contributed by atoms with E-state index in [0.29, 0.717) is 11.3 Å². The molecule has 1 heterocycles. The predicted octanol–water partition coefficient (Wildman–Crippen LogP) is 2.02. The highest BCUT2D eigenvalue weighted by atomic mass is 16.4. The average Bonchev–Trinajstić information content (AvgIpc) is 3.13. The van der Waals surface area contributed by atoms with Gasteiger partial charge in [-0.1, -0.05) is 12.1 Å². The normalized spacial score (nSPS) is 22.8. The van der Waals surface area contributed by atoms with E-state index in [1.165, 1.54) is 0 Å². The van der Waals surface area contributed by atoms with Crippen LogP contribution in [0.5, 0.6) is 0 Å². The first-order chi connectivity index (χ1) is 10.0. The van der Waals surface area contributed by atoms with Crippen LogP contribution < -0.4 is 10.6 Å². The van der Waals surface area contributed by atoms with E-state index in [1.807, 2.05) is 0 Å². The molecule has 1 aromatic carbocycles. The van der Waals surface area contributed by atoms with Crippen LogP contribution in [0.2, 0.25) is 0 Å². The van der Waals surface area contributed by atoms with Crippen LogP contribution in [-0.2, 0) is 4.79 Å². The van der Waals surface area contributed by atoms with Crippen LogP contribution in [0.1, 0.15) is 35.2 Å². The Bertz CT molecular complexity index is 591. The van der Waals surface area contributed by atoms with Crippen LogP contribution in [0.3, 0.4) is 0 Å². The fraction of sp³-hybridized carbons (Fsp3) is 0.500. The molecular weight excluding hydrogens is 268 g/mol. The Balaban J connectivity index is 1.75. The van der Waals surface area contributed by atoms with E-state index < -0.39 is 5.97 Å². The summed E-state index contributed by atoms with van der Waals surface area (Å²) in [7, 11) is 0. The van der Waals surface area contributed by atoms with Crippen molar-refractivity contribution in [2.75, 3.05) is 18.4 Å². The lowest BCUT2D eigenvalue weighted by atomic mass is 9.91. The van der Waals surface area contributed by atoms with Crippen molar-refractivity contribution in [3.8, 4) is 0 Å². The molecule has 0 bridgehead atoms. The number of aryl methyl sites for hydroxylation is 1. The Morgan fingerprint density at radius 2 is 2.05 bits per heavy atom. The summed E-state index contributed by atoms with van der Waals surface area (Å²) in [6, 6.07) is 5.17. The van der Waals surface area contributed by atoms with E-state index in [1.54, 1.807) is 25.1 Å². The first kappa shape index (κ1) is 14.1. The zero-order valence-electron chi connectivity index (χ0n) is 12.1. The molecule has 1 spiro atoms. The van der Waals surface area contributed by atoms with Crippen LogP contribution in [0, 0.1) is 18.3 Å². The molecule has 21 heavy (non-hydrogen) atoms. The van der Waals surface area contributed by atoms with Gasteiger partial charge in [-0.2, -0.15) is 0 Å². The Labute approximate surface area is 123 Å². The third kappa shape index (κ3) is 2.53. The molecule has 3 N–H and O–H groups in total. The van der Waals surface area contributed by atoms with Gasteiger partial charge in [-0.25, -0.2) is 4.79 Å². The van der Waals surface area contributed by atoms with Gasteiger partial charge in [0.25, 0.3) is 0 Å². The molecule has 0 radical (unpaired) electrons. The number of anilines is 1. The van der Waals surface area contributed by atoms with Gasteiger partial charge in [0.15, 0.2) is 0 Å². The second-order valence-electron chi connectivity index (χ2n) is 6.16. The molecule has 2 aliphatic rings. The van der Waals surface area contributed by atoms with Crippen molar-refractivity contribution in [1.82, 2.24) is 5.32 Å². The maximum atomic E-state index is 12.4. The van der Waals surface area contributed by atoms with Crippen molar-refractivity contribution in [2.24, 2.45) is 11.3 Å². The first-order valence-electron chi connectivity index (χ1n) is 7.38. The number of aromatic carboxylic acids is 1. The molecule has 3 rings (SSSR count). The van der Waals surface area contributed by atoms with Gasteiger partial charge in [0.2, 0.25) is 5.91 Å². The lowest BCUT2D eigenvalue weighted by molar-refractivity contribution is -0.118. The van der Waals surface area contributed by atoms with Gasteiger partial charge in [0.05, 0.1) is 11.3 Å². The highest BCUT2D eigenvalue weighted by Crippen LogP contribution is 2.58. The summed E-state index contributed by atoms with van der Waals surface area (Å²) in [5.74, 6) is -1.01. The SMILES string of the molecule is Cc1cccc(NC(=O)C2CC23CCNCC3)c1C(=O)O. The predicted molar refractivity (Wildman–Crippen MR) is 79.4 cm³/mol. The lowest BCUT2D eigenvalue weighted by Crippen LogP contribution is -2.31. The number of hydrogen-bond donors (Lipinski definition) is 3. The van der Waals surface area contributed by atoms with Gasteiger partial charge >= 0.3 is 5.97 Å². The molecule has 1 saturated heterocycles. The number of carbonyl (C=O) groups is 2. The number of carbonyl (C=O) groups excluding carboxylic acids is 1. The van der Waals surface area contributed by atoms with Crippen molar-refractivity contribution in [3.05, 3.63) is 29.3 Å². The standard InChI is InChI=1S/C16H20N2O3/c1-10-3-2-4-12(13(10)15(20)21)18-14(19)11-9-16(11)5-7-17-8-6-16/h2-4,11,17H,5-9H2,1H3,(H,18,19)(H,20,21). The summed E-state index contributed by atoms with van der Waals surface area (Å²) in [5.41, 5.74) is 1.41. The lowest BCUT2D eigenvalue weighted by Gasteiger charge is -2.23. The summed E-state index contributed by atoms with van der Waals surface area (Å²) in [4.78, 5) is 23.8. The number of hydrogen-bond acceptors (Lipinski definition) is 3. The molecule has 1 saturated carbocycles. The van der Waals surface area contributed by atoms with Gasteiger partial charge in [-0.05, 0) is 56.3 Å². The zero-order valence-corrected chi connectivity index (χ0v) is 12.1. The molecule has 5 nitrogen and oxygen atoms in total. The van der Waals surface area contributed by atoms with E-state index >= 15 is 0 Å². The molecule has 0 aromatic heterocycles. The average molecular weight is 288 g/mol. The third-order valence-corrected chi connectivity index (χ3v) is 4.85. The molecular formula is C16H20N2O3. The fourth-order valence-corrected chi connectivity index (χ4v) is 3.47. The number of nitrogens with one attached hydrogen (secondary N) is 2. The van der Waals surface area contributed by atoms with E-state index in [0.717, 1.165) is 32.4 Å². The summed E-state index contributed by atoms with van der Waals surface area (Å²) in [6.07, 6.45) is 2.99. The van der Waals surface area contributed by atoms with Crippen LogP contribution in [0.4, 0.5) is 5.69 Å². The van der Waals surface area contributed by atoms with Crippen molar-refractivity contribution in [1.29, 1.82) is 0 Å². The molecule has 5 heteroatoms. The quantitative estimate of drug-likeness (QED) is 0.795. The monoisotopic (exact) mass is 288 g/mol. The molecule has 1 aliphatic heterocycles. The molecule has 1 amide bonds. The molecule has 1 atom stereocenters. The summed E-state index contributed by atoms with van der Waals surface area (Å²) in [6.45, 7) is 3.67. The van der Waals surface area contributed by atoms with Gasteiger partial charge < -0.3 is 15.7 Å². The maximum absolute atomic E-state index is 12.4. The Morgan fingerprint density at radius 3 is 2.71 bits per heavy atom. The highest BCUT2D eigenvalue weighted by Gasteiger charge is 2.57. The van der Waals surface area contributed by atoms with Crippen LogP contribution in [0.25, 0.3) is 0 Å². The Kier molecular flexibility index (Phi) is 3.45. The summed E-state index contributed by atoms with van der Waals surface area (Å²) < 4.78 is 0. The largest absolute Gasteiger partial charge is 0.478 e. The van der Waals surface area contributed by atoms with Gasteiger partial charge in [-0.3, -0.25) is 4.79 Å². The van der Waals surface area contributed by atoms with E-state index in [2.05, 4.69) is 10.6 Å². The van der Waals surface area contributed by atoms with E-state index in [-0.39, 0.29) is 22.8 Å². The Hall–Kier alpha value is -1.88. The summed E-state index contributed by atoms with van der Waals surface area (Å²) in [5, 5.41) is 15.4. The zero-order chi connectivity index (χ0) is 15.0. The van der Waals surface area contributed by atoms with Crippen molar-refractivity contribution >= 4 is 17.6 Å². The van der Waals surface area contributed by atoms with Gasteiger partial charge in [0.1, 0.15) is 0 Å². The maximum Gasteiger partial charge on any atom is 0.338 e. The number of carboxylic acid groups (broad SMARTS) is 1. The Morgan fingerprint density at radius 1 is 1.33 bits per heavy atom. The topological polar surface area (TPSA) is 78.4 Å². The number of amides is 1. The fourth-order valence-electron chi connectivity index (χ4n) is 3.47. The minimum absolute atomic E-state index is 0.0294. The summed E-state index contributed by atoms with van der Waals surface area (Å²) >= 11 is 0. The second kappa shape index (κ2) is 5.15. The number of carboxylic acids is 1. The second-order valence-corrected chi connectivity index (χ2v) is 6.16. The first-order valence-corrected chi connectivity index (χ1v) is 7.38. The molecule has 1 aliphatic carbocycles. The molecule has 2 fully saturated rings. The number of benzene rings is 1. The molecule has 112 valence electrons. The van der Waals surface area contributed by atoms with Gasteiger partial charge in [-0.15, -0.1) is 0 Å². The number of piperidine rings is 1. The molecule has 1 unspecified atom stereocenters. The van der Waals surface area contributed by atoms with Crippen molar-refractivity contribution < 1.29 is 14.7 Å². The van der Waals surface area contributed by atoms with Crippen LogP contribution in [-0.4, -0.2) is 30.1 Å². The van der Waals surface area contributed by atoms with Crippen molar-refractivity contribution in [3.63, 3.8) is 0 Å². The van der Waals surface area contributed by atoms with Crippen molar-refractivity contribution in [2.45, 2.75) is 26.2 Å². The number of rotatable bonds is 3. The highest BCUT2D eigenvalue weighted by molar-refractivity contribution is 6.03. The van der Waals surface area contributed by atoms with E-state index in [9.17, 15) is 14.7 Å². The minimum atomic E-state index is -1.00. The van der Waals surface area contributed by atoms with Crippen LogP contribution in [0.15, 0.2) is 18.2 Å². The minimum Gasteiger partial charge on any atom is -0.478 e. The van der Waals surface area contributed by atoms with Crippen LogP contribution >= 0.6 is 0 Å². The molecule has 1 aromatic rings.